The minimum atomic E-state index is -0.152. The van der Waals surface area contributed by atoms with Gasteiger partial charge in [-0.25, -0.2) is 0 Å². The first kappa shape index (κ1) is 15.6. The van der Waals surface area contributed by atoms with E-state index in [1.54, 1.807) is 50.6 Å². The smallest absolute Gasteiger partial charge is 0.193 e. The van der Waals surface area contributed by atoms with Crippen LogP contribution in [0.3, 0.4) is 0 Å². The van der Waals surface area contributed by atoms with Crippen molar-refractivity contribution >= 4 is 11.0 Å². The number of ether oxygens (including phenoxy) is 2. The Hall–Kier alpha value is -3.26. The van der Waals surface area contributed by atoms with E-state index in [4.69, 9.17) is 19.2 Å². The zero-order valence-corrected chi connectivity index (χ0v) is 13.3. The second-order valence-electron chi connectivity index (χ2n) is 5.17. The van der Waals surface area contributed by atoms with E-state index in [1.165, 1.54) is 6.07 Å². The van der Waals surface area contributed by atoms with Gasteiger partial charge in [0.25, 0.3) is 0 Å². The van der Waals surface area contributed by atoms with Gasteiger partial charge in [0.1, 0.15) is 11.3 Å². The predicted molar refractivity (Wildman–Crippen MR) is 90.3 cm³/mol. The molecule has 0 aliphatic carbocycles. The fourth-order valence-electron chi connectivity index (χ4n) is 2.59. The maximum atomic E-state index is 12.4. The summed E-state index contributed by atoms with van der Waals surface area (Å²) in [5, 5.41) is 9.43. The summed E-state index contributed by atoms with van der Waals surface area (Å²) in [5.74, 6) is 1.55. The molecular formula is C19H15NO4. The first-order valence-corrected chi connectivity index (χ1v) is 7.33. The Bertz CT molecular complexity index is 998. The van der Waals surface area contributed by atoms with Crippen molar-refractivity contribution in [2.45, 2.75) is 6.42 Å². The molecule has 1 heterocycles. The Morgan fingerprint density at radius 3 is 2.58 bits per heavy atom. The number of fused-ring (bicyclic) bond motifs is 1. The molecule has 0 amide bonds. The number of nitriles is 1. The average Bonchev–Trinajstić information content (AvgIpc) is 2.62. The molecule has 0 saturated heterocycles. The first-order chi connectivity index (χ1) is 11.7. The summed E-state index contributed by atoms with van der Waals surface area (Å²) in [6.45, 7) is 0. The quantitative estimate of drug-likeness (QED) is 0.735. The molecule has 5 nitrogen and oxygen atoms in total. The van der Waals surface area contributed by atoms with Crippen LogP contribution in [0, 0.1) is 11.3 Å². The van der Waals surface area contributed by atoms with Crippen molar-refractivity contribution in [2.24, 2.45) is 0 Å². The molecule has 3 rings (SSSR count). The van der Waals surface area contributed by atoms with E-state index in [2.05, 4.69) is 6.07 Å². The summed E-state index contributed by atoms with van der Waals surface area (Å²) in [4.78, 5) is 12.4. The highest BCUT2D eigenvalue weighted by atomic mass is 16.5. The maximum absolute atomic E-state index is 12.4. The van der Waals surface area contributed by atoms with Crippen molar-refractivity contribution in [3.05, 3.63) is 58.3 Å². The zero-order valence-electron chi connectivity index (χ0n) is 13.3. The summed E-state index contributed by atoms with van der Waals surface area (Å²) in [5.41, 5.74) is 1.67. The van der Waals surface area contributed by atoms with Gasteiger partial charge in [-0.1, -0.05) is 12.1 Å². The Morgan fingerprint density at radius 1 is 1.08 bits per heavy atom. The van der Waals surface area contributed by atoms with Gasteiger partial charge >= 0.3 is 0 Å². The zero-order chi connectivity index (χ0) is 17.1. The van der Waals surface area contributed by atoms with Crippen molar-refractivity contribution in [3.8, 4) is 28.9 Å². The molecule has 0 aliphatic rings. The normalized spacial score (nSPS) is 10.4. The van der Waals surface area contributed by atoms with E-state index in [1.807, 2.05) is 0 Å². The lowest BCUT2D eigenvalue weighted by molar-refractivity contribution is 0.355. The summed E-state index contributed by atoms with van der Waals surface area (Å²) in [6, 6.07) is 14.1. The van der Waals surface area contributed by atoms with Gasteiger partial charge < -0.3 is 13.9 Å². The van der Waals surface area contributed by atoms with Crippen LogP contribution in [0.1, 0.15) is 5.56 Å². The third-order valence-corrected chi connectivity index (χ3v) is 3.77. The molecule has 0 spiro atoms. The molecule has 0 fully saturated rings. The SMILES string of the molecule is COc1ccc(-c2cc(=O)c3cccc(CC#N)c3o2)cc1OC. The monoisotopic (exact) mass is 321 g/mol. The molecule has 3 aromatic rings. The standard InChI is InChI=1S/C19H15NO4/c1-22-16-7-6-13(10-18(16)23-2)17-11-15(21)14-5-3-4-12(8-9-20)19(14)24-17/h3-7,10-11H,8H2,1-2H3. The lowest BCUT2D eigenvalue weighted by Crippen LogP contribution is -2.02. The molecule has 0 N–H and O–H groups in total. The summed E-state index contributed by atoms with van der Waals surface area (Å²) in [6.07, 6.45) is 0.176. The second-order valence-corrected chi connectivity index (χ2v) is 5.17. The van der Waals surface area contributed by atoms with E-state index in [9.17, 15) is 4.79 Å². The van der Waals surface area contributed by atoms with Crippen molar-refractivity contribution in [1.82, 2.24) is 0 Å². The average molecular weight is 321 g/mol. The highest BCUT2D eigenvalue weighted by Crippen LogP contribution is 2.33. The highest BCUT2D eigenvalue weighted by molar-refractivity contribution is 5.82. The second kappa shape index (κ2) is 6.47. The summed E-state index contributed by atoms with van der Waals surface area (Å²) < 4.78 is 16.4. The van der Waals surface area contributed by atoms with Crippen LogP contribution < -0.4 is 14.9 Å². The lowest BCUT2D eigenvalue weighted by Gasteiger charge is -2.10. The predicted octanol–water partition coefficient (Wildman–Crippen LogP) is 3.54. The molecule has 2 aromatic carbocycles. The maximum Gasteiger partial charge on any atom is 0.193 e. The van der Waals surface area contributed by atoms with E-state index in [0.29, 0.717) is 39.4 Å². The minimum absolute atomic E-state index is 0.152. The molecule has 24 heavy (non-hydrogen) atoms. The number of benzene rings is 2. The third kappa shape index (κ3) is 2.70. The van der Waals surface area contributed by atoms with Crippen LogP contribution in [-0.2, 0) is 6.42 Å². The number of hydrogen-bond acceptors (Lipinski definition) is 5. The van der Waals surface area contributed by atoms with Crippen LogP contribution in [-0.4, -0.2) is 14.2 Å². The Kier molecular flexibility index (Phi) is 4.21. The van der Waals surface area contributed by atoms with Crippen molar-refractivity contribution in [2.75, 3.05) is 14.2 Å². The molecule has 0 atom stereocenters. The molecule has 0 radical (unpaired) electrons. The molecule has 0 aliphatic heterocycles. The van der Waals surface area contributed by atoms with Gasteiger partial charge in [-0.15, -0.1) is 0 Å². The van der Waals surface area contributed by atoms with Crippen molar-refractivity contribution < 1.29 is 13.9 Å². The lowest BCUT2D eigenvalue weighted by atomic mass is 10.1. The van der Waals surface area contributed by atoms with Gasteiger partial charge in [0.15, 0.2) is 16.9 Å². The van der Waals surface area contributed by atoms with E-state index < -0.39 is 0 Å². The number of rotatable bonds is 4. The molecule has 0 bridgehead atoms. The number of para-hydroxylation sites is 1. The van der Waals surface area contributed by atoms with Gasteiger partial charge in [0.2, 0.25) is 0 Å². The van der Waals surface area contributed by atoms with Crippen LogP contribution in [0.25, 0.3) is 22.3 Å². The highest BCUT2D eigenvalue weighted by Gasteiger charge is 2.12. The largest absolute Gasteiger partial charge is 0.493 e. The van der Waals surface area contributed by atoms with Crippen LogP contribution in [0.2, 0.25) is 0 Å². The van der Waals surface area contributed by atoms with E-state index in [-0.39, 0.29) is 11.8 Å². The van der Waals surface area contributed by atoms with Crippen LogP contribution in [0.4, 0.5) is 0 Å². The van der Waals surface area contributed by atoms with Crippen LogP contribution in [0.5, 0.6) is 11.5 Å². The molecule has 5 heteroatoms. The Morgan fingerprint density at radius 2 is 1.88 bits per heavy atom. The fraction of sp³-hybridized carbons (Fsp3) is 0.158. The van der Waals surface area contributed by atoms with E-state index in [0.717, 1.165) is 0 Å². The fourth-order valence-corrected chi connectivity index (χ4v) is 2.59. The third-order valence-electron chi connectivity index (χ3n) is 3.77. The molecular weight excluding hydrogens is 306 g/mol. The van der Waals surface area contributed by atoms with Gasteiger partial charge in [-0.2, -0.15) is 5.26 Å². The van der Waals surface area contributed by atoms with Crippen molar-refractivity contribution in [1.29, 1.82) is 5.26 Å². The number of methoxy groups -OCH3 is 2. The minimum Gasteiger partial charge on any atom is -0.493 e. The molecule has 1 aromatic heterocycles. The molecule has 0 saturated carbocycles. The van der Waals surface area contributed by atoms with Gasteiger partial charge in [-0.05, 0) is 24.3 Å². The van der Waals surface area contributed by atoms with Crippen molar-refractivity contribution in [3.63, 3.8) is 0 Å². The van der Waals surface area contributed by atoms with Crippen LogP contribution >= 0.6 is 0 Å². The van der Waals surface area contributed by atoms with Crippen LogP contribution in [0.15, 0.2) is 51.7 Å². The van der Waals surface area contributed by atoms with E-state index >= 15 is 0 Å². The van der Waals surface area contributed by atoms with Gasteiger partial charge in [0, 0.05) is 17.2 Å². The van der Waals surface area contributed by atoms with Gasteiger partial charge in [0.05, 0.1) is 32.1 Å². The molecule has 120 valence electrons. The van der Waals surface area contributed by atoms with Gasteiger partial charge in [-0.3, -0.25) is 4.79 Å². The Balaban J connectivity index is 2.22. The summed E-state index contributed by atoms with van der Waals surface area (Å²) >= 11 is 0. The first-order valence-electron chi connectivity index (χ1n) is 7.33. The number of nitrogens with zero attached hydrogens (tertiary/aromatic N) is 1. The molecule has 0 unspecified atom stereocenters. The number of hydrogen-bond donors (Lipinski definition) is 0. The Labute approximate surface area is 138 Å². The summed E-state index contributed by atoms with van der Waals surface area (Å²) in [7, 11) is 3.10. The topological polar surface area (TPSA) is 72.5 Å².